The summed E-state index contributed by atoms with van der Waals surface area (Å²) in [6.07, 6.45) is 0.348. The second-order valence-corrected chi connectivity index (χ2v) is 4.17. The number of rotatable bonds is 5. The Morgan fingerprint density at radius 1 is 1.50 bits per heavy atom. The van der Waals surface area contributed by atoms with Crippen molar-refractivity contribution in [2.24, 2.45) is 5.41 Å². The van der Waals surface area contributed by atoms with E-state index < -0.39 is 0 Å². The van der Waals surface area contributed by atoms with Gasteiger partial charge in [-0.1, -0.05) is 13.8 Å². The zero-order valence-electron chi connectivity index (χ0n) is 8.22. The summed E-state index contributed by atoms with van der Waals surface area (Å²) in [6, 6.07) is 0. The minimum Gasteiger partial charge on any atom is -0.376 e. The van der Waals surface area contributed by atoms with Gasteiger partial charge in [0, 0.05) is 12.0 Å². The standard InChI is InChI=1S/C9H19NO2/c1-9(2,6-10-3)7-12-8-4-11-5-8/h8,10H,4-7H2,1-3H3. The Bertz CT molecular complexity index is 132. The van der Waals surface area contributed by atoms with Crippen LogP contribution in [0.5, 0.6) is 0 Å². The van der Waals surface area contributed by atoms with Crippen LogP contribution in [0.4, 0.5) is 0 Å². The summed E-state index contributed by atoms with van der Waals surface area (Å²) in [5, 5.41) is 3.16. The first-order chi connectivity index (χ1) is 5.64. The van der Waals surface area contributed by atoms with E-state index in [0.717, 1.165) is 26.4 Å². The maximum atomic E-state index is 5.63. The molecule has 0 radical (unpaired) electrons. The van der Waals surface area contributed by atoms with Crippen molar-refractivity contribution in [3.8, 4) is 0 Å². The average Bonchev–Trinajstić information content (AvgIpc) is 1.82. The fraction of sp³-hybridized carbons (Fsp3) is 1.00. The third kappa shape index (κ3) is 3.09. The summed E-state index contributed by atoms with van der Waals surface area (Å²) in [4.78, 5) is 0. The zero-order valence-corrected chi connectivity index (χ0v) is 8.22. The van der Waals surface area contributed by atoms with Crippen molar-refractivity contribution in [3.05, 3.63) is 0 Å². The predicted molar refractivity (Wildman–Crippen MR) is 48.3 cm³/mol. The van der Waals surface area contributed by atoms with E-state index >= 15 is 0 Å². The Morgan fingerprint density at radius 3 is 2.58 bits per heavy atom. The molecule has 0 bridgehead atoms. The van der Waals surface area contributed by atoms with Crippen LogP contribution in [0.3, 0.4) is 0 Å². The Kier molecular flexibility index (Phi) is 3.50. The SMILES string of the molecule is CNCC(C)(C)COC1COC1. The molecular weight excluding hydrogens is 154 g/mol. The van der Waals surface area contributed by atoms with Crippen LogP contribution in [0.2, 0.25) is 0 Å². The fourth-order valence-corrected chi connectivity index (χ4v) is 1.18. The highest BCUT2D eigenvalue weighted by atomic mass is 16.6. The number of hydrogen-bond acceptors (Lipinski definition) is 3. The topological polar surface area (TPSA) is 30.5 Å². The highest BCUT2D eigenvalue weighted by Crippen LogP contribution is 2.16. The third-order valence-corrected chi connectivity index (χ3v) is 1.97. The van der Waals surface area contributed by atoms with Gasteiger partial charge in [0.2, 0.25) is 0 Å². The summed E-state index contributed by atoms with van der Waals surface area (Å²) >= 11 is 0. The van der Waals surface area contributed by atoms with E-state index in [1.165, 1.54) is 0 Å². The van der Waals surface area contributed by atoms with Crippen molar-refractivity contribution in [3.63, 3.8) is 0 Å². The number of nitrogens with one attached hydrogen (secondary N) is 1. The molecule has 1 aliphatic rings. The highest BCUT2D eigenvalue weighted by Gasteiger charge is 2.23. The van der Waals surface area contributed by atoms with Crippen LogP contribution in [0.25, 0.3) is 0 Å². The van der Waals surface area contributed by atoms with Crippen molar-refractivity contribution in [1.29, 1.82) is 0 Å². The molecule has 1 N–H and O–H groups in total. The molecule has 0 unspecified atom stereocenters. The highest BCUT2D eigenvalue weighted by molar-refractivity contribution is 4.72. The van der Waals surface area contributed by atoms with Gasteiger partial charge < -0.3 is 14.8 Å². The summed E-state index contributed by atoms with van der Waals surface area (Å²) in [7, 11) is 1.97. The van der Waals surface area contributed by atoms with E-state index in [1.54, 1.807) is 0 Å². The summed E-state index contributed by atoms with van der Waals surface area (Å²) < 4.78 is 10.6. The van der Waals surface area contributed by atoms with Crippen molar-refractivity contribution < 1.29 is 9.47 Å². The molecule has 0 saturated carbocycles. The average molecular weight is 173 g/mol. The van der Waals surface area contributed by atoms with Gasteiger partial charge >= 0.3 is 0 Å². The lowest BCUT2D eigenvalue weighted by molar-refractivity contribution is -0.143. The molecule has 72 valence electrons. The Labute approximate surface area is 74.4 Å². The van der Waals surface area contributed by atoms with E-state index in [2.05, 4.69) is 19.2 Å². The molecule has 1 heterocycles. The van der Waals surface area contributed by atoms with E-state index in [4.69, 9.17) is 9.47 Å². The van der Waals surface area contributed by atoms with Crippen LogP contribution in [0, 0.1) is 5.41 Å². The molecule has 3 heteroatoms. The molecule has 1 aliphatic heterocycles. The molecule has 0 spiro atoms. The van der Waals surface area contributed by atoms with Gasteiger partial charge in [0.05, 0.1) is 19.8 Å². The van der Waals surface area contributed by atoms with Crippen LogP contribution >= 0.6 is 0 Å². The van der Waals surface area contributed by atoms with Crippen molar-refractivity contribution in [2.45, 2.75) is 20.0 Å². The molecule has 3 nitrogen and oxygen atoms in total. The lowest BCUT2D eigenvalue weighted by Gasteiger charge is -2.31. The Morgan fingerprint density at radius 2 is 2.17 bits per heavy atom. The number of ether oxygens (including phenoxy) is 2. The minimum absolute atomic E-state index is 0.227. The zero-order chi connectivity index (χ0) is 9.03. The van der Waals surface area contributed by atoms with Gasteiger partial charge in [0.15, 0.2) is 0 Å². The second kappa shape index (κ2) is 4.21. The molecule has 1 rings (SSSR count). The van der Waals surface area contributed by atoms with Gasteiger partial charge in [0.1, 0.15) is 6.10 Å². The second-order valence-electron chi connectivity index (χ2n) is 4.17. The summed E-state index contributed by atoms with van der Waals surface area (Å²) in [5.41, 5.74) is 0.227. The smallest absolute Gasteiger partial charge is 0.104 e. The van der Waals surface area contributed by atoms with Gasteiger partial charge in [-0.3, -0.25) is 0 Å². The molecular formula is C9H19NO2. The van der Waals surface area contributed by atoms with Gasteiger partial charge in [-0.05, 0) is 7.05 Å². The predicted octanol–water partition coefficient (Wildman–Crippen LogP) is 0.647. The Hall–Kier alpha value is -0.120. The molecule has 0 aromatic heterocycles. The summed E-state index contributed by atoms with van der Waals surface area (Å²) in [5.74, 6) is 0. The monoisotopic (exact) mass is 173 g/mol. The van der Waals surface area contributed by atoms with Crippen LogP contribution in [-0.4, -0.2) is 39.5 Å². The lowest BCUT2D eigenvalue weighted by Crippen LogP contribution is -2.40. The fourth-order valence-electron chi connectivity index (χ4n) is 1.18. The van der Waals surface area contributed by atoms with E-state index in [9.17, 15) is 0 Å². The quantitative estimate of drug-likeness (QED) is 0.662. The maximum absolute atomic E-state index is 5.63. The van der Waals surface area contributed by atoms with Crippen molar-refractivity contribution in [2.75, 3.05) is 33.4 Å². The van der Waals surface area contributed by atoms with Crippen molar-refractivity contribution >= 4 is 0 Å². The minimum atomic E-state index is 0.227. The van der Waals surface area contributed by atoms with Gasteiger partial charge in [-0.15, -0.1) is 0 Å². The third-order valence-electron chi connectivity index (χ3n) is 1.97. The molecule has 0 aliphatic carbocycles. The van der Waals surface area contributed by atoms with Crippen LogP contribution in [0.1, 0.15) is 13.8 Å². The van der Waals surface area contributed by atoms with Crippen LogP contribution in [0.15, 0.2) is 0 Å². The van der Waals surface area contributed by atoms with E-state index in [1.807, 2.05) is 7.05 Å². The maximum Gasteiger partial charge on any atom is 0.104 e. The van der Waals surface area contributed by atoms with Gasteiger partial charge in [0.25, 0.3) is 0 Å². The van der Waals surface area contributed by atoms with Gasteiger partial charge in [-0.25, -0.2) is 0 Å². The molecule has 0 amide bonds. The van der Waals surface area contributed by atoms with E-state index in [0.29, 0.717) is 6.10 Å². The lowest BCUT2D eigenvalue weighted by atomic mass is 9.95. The largest absolute Gasteiger partial charge is 0.376 e. The molecule has 0 atom stereocenters. The number of hydrogen-bond donors (Lipinski definition) is 1. The normalized spacial score (nSPS) is 19.2. The first-order valence-electron chi connectivity index (χ1n) is 4.48. The molecule has 0 aromatic rings. The van der Waals surface area contributed by atoms with Gasteiger partial charge in [-0.2, -0.15) is 0 Å². The molecule has 0 aromatic carbocycles. The van der Waals surface area contributed by atoms with E-state index in [-0.39, 0.29) is 5.41 Å². The first-order valence-corrected chi connectivity index (χ1v) is 4.48. The Balaban J connectivity index is 2.10. The first kappa shape index (κ1) is 9.96. The molecule has 12 heavy (non-hydrogen) atoms. The molecule has 1 saturated heterocycles. The van der Waals surface area contributed by atoms with Crippen molar-refractivity contribution in [1.82, 2.24) is 5.32 Å². The molecule has 1 fully saturated rings. The van der Waals surface area contributed by atoms with Crippen LogP contribution < -0.4 is 5.32 Å². The summed E-state index contributed by atoms with van der Waals surface area (Å²) in [6.45, 7) is 7.74. The van der Waals surface area contributed by atoms with Crippen LogP contribution in [-0.2, 0) is 9.47 Å².